The molecule has 0 spiro atoms. The van der Waals surface area contributed by atoms with Gasteiger partial charge in [-0.3, -0.25) is 19.8 Å². The number of hydrazine groups is 1. The normalized spacial score (nSPS) is 26.6. The van der Waals surface area contributed by atoms with Crippen LogP contribution in [-0.4, -0.2) is 27.8 Å². The molecule has 1 heterocycles. The van der Waals surface area contributed by atoms with E-state index in [0.717, 1.165) is 28.1 Å². The van der Waals surface area contributed by atoms with Crippen molar-refractivity contribution in [2.75, 3.05) is 0 Å². The zero-order chi connectivity index (χ0) is 24.5. The predicted molar refractivity (Wildman–Crippen MR) is 126 cm³/mol. The van der Waals surface area contributed by atoms with E-state index < -0.39 is 0 Å². The van der Waals surface area contributed by atoms with Crippen molar-refractivity contribution in [1.29, 1.82) is 0 Å². The molecule has 2 N–H and O–H groups in total. The zero-order valence-electron chi connectivity index (χ0n) is 20.8. The Morgan fingerprint density at radius 2 is 1.58 bits per heavy atom. The molecule has 1 aliphatic heterocycles. The van der Waals surface area contributed by atoms with Crippen LogP contribution in [0.2, 0.25) is 0 Å². The van der Waals surface area contributed by atoms with E-state index in [1.54, 1.807) is 0 Å². The average molecular weight is 453 g/mol. The molecular weight excluding hydrogens is 416 g/mol. The molecular formula is C27H36N2O4. The molecule has 6 nitrogen and oxygen atoms in total. The van der Waals surface area contributed by atoms with Crippen LogP contribution in [-0.2, 0) is 31.6 Å². The summed E-state index contributed by atoms with van der Waals surface area (Å²) < 4.78 is 0. The number of aromatic hydroxyl groups is 1. The molecule has 2 bridgehead atoms. The van der Waals surface area contributed by atoms with Crippen molar-refractivity contribution in [2.45, 2.75) is 78.6 Å². The van der Waals surface area contributed by atoms with E-state index in [1.165, 1.54) is 5.57 Å². The van der Waals surface area contributed by atoms with Crippen molar-refractivity contribution in [3.05, 3.63) is 40.5 Å². The van der Waals surface area contributed by atoms with Gasteiger partial charge in [-0.2, -0.15) is 5.01 Å². The Balaban J connectivity index is 1.47. The maximum Gasteiger partial charge on any atom is 0.252 e. The molecule has 4 rings (SSSR count). The highest BCUT2D eigenvalue weighted by atomic mass is 16.3. The van der Waals surface area contributed by atoms with Crippen molar-refractivity contribution in [1.82, 2.24) is 10.4 Å². The summed E-state index contributed by atoms with van der Waals surface area (Å²) in [5.74, 6) is -1.000. The van der Waals surface area contributed by atoms with Gasteiger partial charge in [0, 0.05) is 6.42 Å². The van der Waals surface area contributed by atoms with Gasteiger partial charge in [0.05, 0.1) is 11.8 Å². The van der Waals surface area contributed by atoms with Crippen LogP contribution in [0, 0.1) is 23.7 Å². The van der Waals surface area contributed by atoms with Crippen molar-refractivity contribution in [2.24, 2.45) is 23.7 Å². The van der Waals surface area contributed by atoms with E-state index in [2.05, 4.69) is 53.0 Å². The molecule has 3 amide bonds. The highest BCUT2D eigenvalue weighted by Crippen LogP contribution is 2.55. The van der Waals surface area contributed by atoms with Gasteiger partial charge in [-0.15, -0.1) is 0 Å². The monoisotopic (exact) mass is 452 g/mol. The molecule has 0 radical (unpaired) electrons. The van der Waals surface area contributed by atoms with Crippen LogP contribution in [0.5, 0.6) is 5.75 Å². The van der Waals surface area contributed by atoms with Gasteiger partial charge >= 0.3 is 0 Å². The number of aryl methyl sites for hydroxylation is 1. The van der Waals surface area contributed by atoms with Crippen LogP contribution in [0.25, 0.3) is 0 Å². The van der Waals surface area contributed by atoms with Gasteiger partial charge < -0.3 is 5.11 Å². The lowest BCUT2D eigenvalue weighted by Crippen LogP contribution is -2.47. The number of carbonyl (C=O) groups is 3. The van der Waals surface area contributed by atoms with Crippen molar-refractivity contribution in [3.63, 3.8) is 0 Å². The minimum Gasteiger partial charge on any atom is -0.507 e. The van der Waals surface area contributed by atoms with E-state index >= 15 is 0 Å². The third-order valence-corrected chi connectivity index (χ3v) is 7.54. The highest BCUT2D eigenvalue weighted by Gasteiger charge is 2.61. The average Bonchev–Trinajstić information content (AvgIpc) is 3.32. The van der Waals surface area contributed by atoms with Gasteiger partial charge in [-0.25, -0.2) is 0 Å². The summed E-state index contributed by atoms with van der Waals surface area (Å²) in [6, 6.07) is 3.92. The quantitative estimate of drug-likeness (QED) is 0.531. The predicted octanol–water partition coefficient (Wildman–Crippen LogP) is 4.15. The van der Waals surface area contributed by atoms with Crippen LogP contribution in [0.4, 0.5) is 0 Å². The third-order valence-electron chi connectivity index (χ3n) is 7.54. The van der Waals surface area contributed by atoms with Gasteiger partial charge in [-0.05, 0) is 59.1 Å². The Hall–Kier alpha value is -2.63. The summed E-state index contributed by atoms with van der Waals surface area (Å²) in [6.45, 7) is 14.3. The topological polar surface area (TPSA) is 86.7 Å². The molecule has 4 atom stereocenters. The number of carbonyl (C=O) groups excluding carboxylic acids is 3. The SMILES string of the molecule is CC1=CC2CC1C1C(=O)N(NC(=O)CCc3cc(C(C)(C)C)c(O)c(C(C)(C)C)c3)C(=O)C21. The van der Waals surface area contributed by atoms with Gasteiger partial charge in [0.25, 0.3) is 11.8 Å². The first-order chi connectivity index (χ1) is 15.2. The van der Waals surface area contributed by atoms with Crippen LogP contribution < -0.4 is 5.43 Å². The van der Waals surface area contributed by atoms with Crippen molar-refractivity contribution < 1.29 is 19.5 Å². The second kappa shape index (κ2) is 7.71. The molecule has 4 unspecified atom stereocenters. The summed E-state index contributed by atoms with van der Waals surface area (Å²) in [6.07, 6.45) is 3.59. The largest absolute Gasteiger partial charge is 0.507 e. The van der Waals surface area contributed by atoms with Crippen LogP contribution in [0.15, 0.2) is 23.8 Å². The molecule has 33 heavy (non-hydrogen) atoms. The standard InChI is InChI=1S/C27H36N2O4/c1-14-10-16-13-17(14)22-21(16)24(32)29(25(22)33)28-20(30)9-8-15-11-18(26(2,3)4)23(31)19(12-15)27(5,6)7/h10-12,16-17,21-22,31H,8-9,13H2,1-7H3,(H,28,30). The molecule has 178 valence electrons. The van der Waals surface area contributed by atoms with Crippen molar-refractivity contribution in [3.8, 4) is 5.75 Å². The summed E-state index contributed by atoms with van der Waals surface area (Å²) in [5, 5.41) is 11.9. The fraction of sp³-hybridized carbons (Fsp3) is 0.593. The van der Waals surface area contributed by atoms with Crippen molar-refractivity contribution >= 4 is 17.7 Å². The number of fused-ring (bicyclic) bond motifs is 5. The first-order valence-corrected chi connectivity index (χ1v) is 11.9. The summed E-state index contributed by atoms with van der Waals surface area (Å²) >= 11 is 0. The van der Waals surface area contributed by atoms with E-state index in [-0.39, 0.29) is 58.6 Å². The van der Waals surface area contributed by atoms with E-state index in [0.29, 0.717) is 12.2 Å². The number of hydrogen-bond acceptors (Lipinski definition) is 4. The molecule has 2 fully saturated rings. The van der Waals surface area contributed by atoms with E-state index in [9.17, 15) is 19.5 Å². The molecule has 1 aromatic carbocycles. The number of allylic oxidation sites excluding steroid dienone is 2. The number of rotatable bonds is 4. The number of imide groups is 1. The molecule has 2 aliphatic carbocycles. The first-order valence-electron chi connectivity index (χ1n) is 11.9. The number of benzene rings is 1. The van der Waals surface area contributed by atoms with Crippen LogP contribution >= 0.6 is 0 Å². The fourth-order valence-corrected chi connectivity index (χ4v) is 5.81. The third kappa shape index (κ3) is 3.98. The minimum absolute atomic E-state index is 0.113. The molecule has 6 heteroatoms. The Kier molecular flexibility index (Phi) is 5.50. The Bertz CT molecular complexity index is 1020. The number of nitrogens with one attached hydrogen (secondary N) is 1. The minimum atomic E-state index is -0.351. The second-order valence-electron chi connectivity index (χ2n) is 12.1. The van der Waals surface area contributed by atoms with E-state index in [1.807, 2.05) is 19.1 Å². The maximum atomic E-state index is 12.9. The van der Waals surface area contributed by atoms with Crippen LogP contribution in [0.1, 0.15) is 78.0 Å². The summed E-state index contributed by atoms with van der Waals surface area (Å²) in [7, 11) is 0. The number of amides is 3. The Labute approximate surface area is 196 Å². The van der Waals surface area contributed by atoms with Gasteiger partial charge in [0.1, 0.15) is 5.75 Å². The summed E-state index contributed by atoms with van der Waals surface area (Å²) in [5.41, 5.74) is 5.92. The molecule has 1 aromatic rings. The van der Waals surface area contributed by atoms with Gasteiger partial charge in [-0.1, -0.05) is 65.3 Å². The molecule has 1 saturated heterocycles. The molecule has 3 aliphatic rings. The second-order valence-corrected chi connectivity index (χ2v) is 12.1. The lowest BCUT2D eigenvalue weighted by atomic mass is 9.78. The van der Waals surface area contributed by atoms with Gasteiger partial charge in [0.2, 0.25) is 5.91 Å². The zero-order valence-corrected chi connectivity index (χ0v) is 20.8. The number of hydrogen-bond donors (Lipinski definition) is 2. The first kappa shape index (κ1) is 23.5. The lowest BCUT2D eigenvalue weighted by molar-refractivity contribution is -0.149. The molecule has 1 saturated carbocycles. The number of phenolic OH excluding ortho intramolecular Hbond substituents is 1. The number of nitrogens with zero attached hydrogens (tertiary/aromatic N) is 1. The van der Waals surface area contributed by atoms with E-state index in [4.69, 9.17) is 0 Å². The number of phenols is 1. The fourth-order valence-electron chi connectivity index (χ4n) is 5.81. The highest BCUT2D eigenvalue weighted by molar-refractivity contribution is 6.07. The smallest absolute Gasteiger partial charge is 0.252 e. The Morgan fingerprint density at radius 1 is 1.03 bits per heavy atom. The maximum absolute atomic E-state index is 12.9. The summed E-state index contributed by atoms with van der Waals surface area (Å²) in [4.78, 5) is 38.5. The van der Waals surface area contributed by atoms with Gasteiger partial charge in [0.15, 0.2) is 0 Å². The van der Waals surface area contributed by atoms with Crippen LogP contribution in [0.3, 0.4) is 0 Å². The lowest BCUT2D eigenvalue weighted by Gasteiger charge is -2.28. The Morgan fingerprint density at radius 3 is 2.12 bits per heavy atom. The molecule has 0 aromatic heterocycles.